The molecule has 1 aromatic rings. The summed E-state index contributed by atoms with van der Waals surface area (Å²) in [6, 6.07) is 8.29. The quantitative estimate of drug-likeness (QED) is 0.455. The molecule has 8 nitrogen and oxygen atoms in total. The summed E-state index contributed by atoms with van der Waals surface area (Å²) in [5.74, 6) is -2.32. The van der Waals surface area contributed by atoms with Crippen LogP contribution in [-0.2, 0) is 25.7 Å². The fourth-order valence-electron chi connectivity index (χ4n) is 8.44. The molecule has 8 heteroatoms. The van der Waals surface area contributed by atoms with Crippen LogP contribution in [0.15, 0.2) is 54.6 Å². The van der Waals surface area contributed by atoms with Gasteiger partial charge in [-0.2, -0.15) is 0 Å². The minimum absolute atomic E-state index is 0.0367. The van der Waals surface area contributed by atoms with Crippen LogP contribution in [-0.4, -0.2) is 86.0 Å². The number of benzene rings is 1. The standard InChI is InChI=1S/C35H49N3O5/c1-8-25(22-39)38-28-31(42)37(33(6,7)23-32(3,4)5)20-14-18-35(28)27(30(38)41)26-29(40)36(21-24-15-11-10-12-16-24)19-13-17-34(26,9-2)43-35/h10-18,25-28,39H,8-9,19-23H2,1-7H3/t25-,26-,27-,28?,34+,35-/m0/s1. The molecule has 1 unspecified atom stereocenters. The third-order valence-electron chi connectivity index (χ3n) is 9.95. The van der Waals surface area contributed by atoms with Gasteiger partial charge in [-0.3, -0.25) is 14.4 Å². The van der Waals surface area contributed by atoms with E-state index in [1.807, 2.05) is 73.4 Å². The van der Waals surface area contributed by atoms with Crippen molar-refractivity contribution in [2.24, 2.45) is 17.3 Å². The van der Waals surface area contributed by atoms with Crippen LogP contribution in [0.1, 0.15) is 73.3 Å². The molecule has 0 bridgehead atoms. The van der Waals surface area contributed by atoms with Crippen molar-refractivity contribution in [3.8, 4) is 0 Å². The highest BCUT2D eigenvalue weighted by atomic mass is 16.5. The summed E-state index contributed by atoms with van der Waals surface area (Å²) in [6.07, 6.45) is 9.52. The van der Waals surface area contributed by atoms with Gasteiger partial charge in [0, 0.05) is 25.2 Å². The zero-order valence-corrected chi connectivity index (χ0v) is 26.9. The SMILES string of the molecule is CC[C@@H](CO)N1C(=O)[C@@H]2[C@H]3C(=O)N(Cc4ccccc4)CC=C[C@@]3(CC)O[C@@]23C=CCN(C(C)(C)CC(C)(C)C)C(=O)C13. The first kappa shape index (κ1) is 31.5. The number of likely N-dealkylation sites (tertiary alicyclic amines) is 1. The smallest absolute Gasteiger partial charge is 0.249 e. The Bertz CT molecular complexity index is 1300. The van der Waals surface area contributed by atoms with E-state index >= 15 is 0 Å². The fourth-order valence-corrected chi connectivity index (χ4v) is 8.44. The molecule has 5 rings (SSSR count). The van der Waals surface area contributed by atoms with Gasteiger partial charge in [-0.1, -0.05) is 89.3 Å². The largest absolute Gasteiger partial charge is 0.394 e. The van der Waals surface area contributed by atoms with E-state index in [2.05, 4.69) is 34.6 Å². The Morgan fingerprint density at radius 3 is 2.21 bits per heavy atom. The van der Waals surface area contributed by atoms with E-state index in [1.165, 1.54) is 0 Å². The number of hydrogen-bond donors (Lipinski definition) is 1. The topological polar surface area (TPSA) is 90.4 Å². The lowest BCUT2D eigenvalue weighted by Gasteiger charge is -2.45. The van der Waals surface area contributed by atoms with E-state index in [4.69, 9.17) is 4.74 Å². The van der Waals surface area contributed by atoms with Gasteiger partial charge in [-0.15, -0.1) is 0 Å². The van der Waals surface area contributed by atoms with Crippen LogP contribution in [0.2, 0.25) is 0 Å². The number of aliphatic hydroxyl groups is 1. The van der Waals surface area contributed by atoms with E-state index in [0.29, 0.717) is 32.5 Å². The first-order chi connectivity index (χ1) is 20.2. The van der Waals surface area contributed by atoms with Gasteiger partial charge in [-0.05, 0) is 44.1 Å². The molecule has 0 radical (unpaired) electrons. The minimum atomic E-state index is -1.33. The third-order valence-corrected chi connectivity index (χ3v) is 9.95. The Morgan fingerprint density at radius 1 is 0.930 bits per heavy atom. The van der Waals surface area contributed by atoms with E-state index in [1.54, 1.807) is 9.80 Å². The lowest BCUT2D eigenvalue weighted by Crippen LogP contribution is -2.62. The first-order valence-electron chi connectivity index (χ1n) is 15.9. The van der Waals surface area contributed by atoms with Crippen molar-refractivity contribution in [2.75, 3.05) is 19.7 Å². The van der Waals surface area contributed by atoms with Gasteiger partial charge in [0.1, 0.15) is 11.6 Å². The van der Waals surface area contributed by atoms with Gasteiger partial charge in [0.05, 0.1) is 30.1 Å². The van der Waals surface area contributed by atoms with Crippen molar-refractivity contribution >= 4 is 17.7 Å². The molecular weight excluding hydrogens is 542 g/mol. The Hall–Kier alpha value is -2.97. The molecule has 6 atom stereocenters. The van der Waals surface area contributed by atoms with Gasteiger partial charge in [0.25, 0.3) is 0 Å². The summed E-state index contributed by atoms with van der Waals surface area (Å²) in [5, 5.41) is 10.5. The average molecular weight is 592 g/mol. The normalized spacial score (nSPS) is 31.6. The molecule has 0 aliphatic carbocycles. The van der Waals surface area contributed by atoms with Crippen molar-refractivity contribution in [3.05, 3.63) is 60.2 Å². The molecule has 4 aliphatic heterocycles. The first-order valence-corrected chi connectivity index (χ1v) is 15.9. The van der Waals surface area contributed by atoms with Crippen LogP contribution in [0.5, 0.6) is 0 Å². The lowest BCUT2D eigenvalue weighted by molar-refractivity contribution is -0.160. The van der Waals surface area contributed by atoms with Gasteiger partial charge in [0.15, 0.2) is 0 Å². The Balaban J connectivity index is 1.63. The molecule has 0 aromatic heterocycles. The maximum absolute atomic E-state index is 14.9. The predicted octanol–water partition coefficient (Wildman–Crippen LogP) is 4.33. The molecule has 1 N–H and O–H groups in total. The molecule has 3 amide bonds. The summed E-state index contributed by atoms with van der Waals surface area (Å²) < 4.78 is 7.11. The van der Waals surface area contributed by atoms with Crippen LogP contribution >= 0.6 is 0 Å². The van der Waals surface area contributed by atoms with Gasteiger partial charge in [-0.25, -0.2) is 0 Å². The van der Waals surface area contributed by atoms with Gasteiger partial charge in [0.2, 0.25) is 17.7 Å². The molecular formula is C35H49N3O5. The summed E-state index contributed by atoms with van der Waals surface area (Å²) in [7, 11) is 0. The van der Waals surface area contributed by atoms with Crippen LogP contribution in [0.4, 0.5) is 0 Å². The van der Waals surface area contributed by atoms with Crippen molar-refractivity contribution < 1.29 is 24.2 Å². The molecule has 1 spiro atoms. The number of fused-ring (bicyclic) bond motifs is 2. The van der Waals surface area contributed by atoms with Crippen LogP contribution in [0, 0.1) is 17.3 Å². The third kappa shape index (κ3) is 5.14. The second kappa shape index (κ2) is 11.2. The monoisotopic (exact) mass is 591 g/mol. The number of carbonyl (C=O) groups excluding carboxylic acids is 3. The summed E-state index contributed by atoms with van der Waals surface area (Å²) in [5.41, 5.74) is -1.90. The van der Waals surface area contributed by atoms with E-state index in [0.717, 1.165) is 12.0 Å². The molecule has 0 saturated carbocycles. The van der Waals surface area contributed by atoms with E-state index < -0.39 is 40.7 Å². The summed E-state index contributed by atoms with van der Waals surface area (Å²) in [6.45, 7) is 15.4. The van der Waals surface area contributed by atoms with Crippen molar-refractivity contribution in [2.45, 2.75) is 103 Å². The molecule has 1 aromatic carbocycles. The second-order valence-electron chi connectivity index (χ2n) is 14.6. The number of rotatable bonds is 8. The minimum Gasteiger partial charge on any atom is -0.394 e. The highest BCUT2D eigenvalue weighted by Crippen LogP contribution is 2.59. The fraction of sp³-hybridized carbons (Fsp3) is 0.629. The highest BCUT2D eigenvalue weighted by molar-refractivity contribution is 6.00. The maximum atomic E-state index is 14.9. The van der Waals surface area contributed by atoms with E-state index in [9.17, 15) is 19.5 Å². The number of nitrogens with zero attached hydrogens (tertiary/aromatic N) is 3. The second-order valence-corrected chi connectivity index (χ2v) is 14.6. The van der Waals surface area contributed by atoms with Gasteiger partial charge < -0.3 is 24.5 Å². The number of hydrogen-bond acceptors (Lipinski definition) is 5. The molecule has 4 aliphatic rings. The number of ether oxygens (including phenoxy) is 1. The summed E-state index contributed by atoms with van der Waals surface area (Å²) in [4.78, 5) is 49.4. The molecule has 234 valence electrons. The molecule has 4 heterocycles. The number of amides is 3. The average Bonchev–Trinajstić information content (AvgIpc) is 3.23. The number of aliphatic hydroxyl groups excluding tert-OH is 1. The van der Waals surface area contributed by atoms with E-state index in [-0.39, 0.29) is 29.7 Å². The predicted molar refractivity (Wildman–Crippen MR) is 166 cm³/mol. The molecule has 43 heavy (non-hydrogen) atoms. The van der Waals surface area contributed by atoms with Crippen molar-refractivity contribution in [1.29, 1.82) is 0 Å². The van der Waals surface area contributed by atoms with Crippen LogP contribution in [0.25, 0.3) is 0 Å². The van der Waals surface area contributed by atoms with Gasteiger partial charge >= 0.3 is 0 Å². The van der Waals surface area contributed by atoms with Crippen molar-refractivity contribution in [3.63, 3.8) is 0 Å². The van der Waals surface area contributed by atoms with Crippen LogP contribution < -0.4 is 0 Å². The van der Waals surface area contributed by atoms with Crippen LogP contribution in [0.3, 0.4) is 0 Å². The lowest BCUT2D eigenvalue weighted by atomic mass is 9.72. The highest BCUT2D eigenvalue weighted by Gasteiger charge is 2.76. The zero-order valence-electron chi connectivity index (χ0n) is 26.9. The zero-order chi connectivity index (χ0) is 31.4. The summed E-state index contributed by atoms with van der Waals surface area (Å²) >= 11 is 0. The Labute approximate surface area is 256 Å². The molecule has 2 saturated heterocycles. The Kier molecular flexibility index (Phi) is 8.18. The number of carbonyl (C=O) groups is 3. The molecule has 2 fully saturated rings. The Morgan fingerprint density at radius 2 is 1.60 bits per heavy atom. The maximum Gasteiger partial charge on any atom is 0.249 e. The van der Waals surface area contributed by atoms with Crippen molar-refractivity contribution in [1.82, 2.24) is 14.7 Å².